The maximum absolute atomic E-state index is 11.4. The summed E-state index contributed by atoms with van der Waals surface area (Å²) < 4.78 is 21.7. The van der Waals surface area contributed by atoms with Gasteiger partial charge >= 0.3 is 11.9 Å². The van der Waals surface area contributed by atoms with Gasteiger partial charge in [0.05, 0.1) is 5.41 Å². The highest BCUT2D eigenvalue weighted by Crippen LogP contribution is 2.58. The molecular formula is C49H40O8. The summed E-state index contributed by atoms with van der Waals surface area (Å²) in [5, 5.41) is 26.9. The van der Waals surface area contributed by atoms with Gasteiger partial charge in [0, 0.05) is 12.2 Å². The molecule has 1 aliphatic rings. The van der Waals surface area contributed by atoms with Crippen LogP contribution in [0.5, 0.6) is 11.5 Å². The van der Waals surface area contributed by atoms with Crippen molar-refractivity contribution in [1.29, 1.82) is 0 Å². The summed E-state index contributed by atoms with van der Waals surface area (Å²) in [6.45, 7) is 6.29. The fraction of sp³-hybridized carbons (Fsp3) is 0.143. The Bertz CT molecular complexity index is 2560. The first kappa shape index (κ1) is 37.2. The number of hydrogen-bond donors (Lipinski definition) is 2. The molecule has 0 saturated carbocycles. The minimum Gasteiger partial charge on any atom is -0.491 e. The highest BCUT2D eigenvalue weighted by Gasteiger charge is 2.46. The maximum atomic E-state index is 11.4. The second-order valence-electron chi connectivity index (χ2n) is 14.1. The number of carbonyl (C=O) groups excluding carboxylic acids is 2. The number of esters is 2. The average Bonchev–Trinajstić information content (AvgIpc) is 3.56. The lowest BCUT2D eigenvalue weighted by Crippen LogP contribution is -2.28. The molecule has 1 aliphatic carbocycles. The van der Waals surface area contributed by atoms with E-state index >= 15 is 0 Å². The average molecular weight is 757 g/mol. The van der Waals surface area contributed by atoms with E-state index in [4.69, 9.17) is 18.9 Å². The molecule has 2 atom stereocenters. The molecule has 0 amide bonds. The second kappa shape index (κ2) is 15.8. The van der Waals surface area contributed by atoms with Gasteiger partial charge in [0.25, 0.3) is 0 Å². The predicted octanol–water partition coefficient (Wildman–Crippen LogP) is 8.45. The molecule has 0 radical (unpaired) electrons. The number of hydrogen-bond acceptors (Lipinski definition) is 8. The second-order valence-corrected chi connectivity index (χ2v) is 14.1. The first-order valence-corrected chi connectivity index (χ1v) is 18.7. The summed E-state index contributed by atoms with van der Waals surface area (Å²) in [7, 11) is 0. The van der Waals surface area contributed by atoms with E-state index in [2.05, 4.69) is 110 Å². The normalized spacial score (nSPS) is 15.3. The Balaban J connectivity index is 1.20. The van der Waals surface area contributed by atoms with Crippen LogP contribution >= 0.6 is 0 Å². The van der Waals surface area contributed by atoms with Crippen LogP contribution in [0.25, 0.3) is 43.4 Å². The molecule has 0 saturated heterocycles. The lowest BCUT2D eigenvalue weighted by molar-refractivity contribution is -0.142. The van der Waals surface area contributed by atoms with Crippen molar-refractivity contribution < 1.29 is 38.7 Å². The van der Waals surface area contributed by atoms with Crippen LogP contribution in [-0.2, 0) is 24.5 Å². The summed E-state index contributed by atoms with van der Waals surface area (Å²) >= 11 is 0. The number of carbonyl (C=O) groups is 2. The van der Waals surface area contributed by atoms with Crippen LogP contribution < -0.4 is 9.47 Å². The topological polar surface area (TPSA) is 112 Å². The minimum atomic E-state index is -0.986. The molecule has 2 N–H and O–H groups in total. The zero-order valence-corrected chi connectivity index (χ0v) is 31.1. The molecule has 2 unspecified atom stereocenters. The highest BCUT2D eigenvalue weighted by atomic mass is 16.6. The summed E-state index contributed by atoms with van der Waals surface area (Å²) in [6.07, 6.45) is 0.134. The van der Waals surface area contributed by atoms with E-state index in [1.165, 1.54) is 33.0 Å². The van der Waals surface area contributed by atoms with Gasteiger partial charge in [-0.15, -0.1) is 0 Å². The third kappa shape index (κ3) is 7.13. The lowest BCUT2D eigenvalue weighted by atomic mass is 9.67. The Morgan fingerprint density at radius 1 is 0.544 bits per heavy atom. The Hall–Kier alpha value is -6.74. The standard InChI is InChI=1S/C49H40O8/c1-3-46(52)56-29-38(50)27-54-40-20-15-32-23-36(18-13-34(32)25-40)49(44-12-8-7-11-43(44)48-42-10-6-5-9-31(42)17-22-45(48)49)37-19-14-35-26-41(21-16-33(35)24-37)55-28-39(51)30-57-47(53)4-2/h3-26,38-39,50-51H,1-2,27-30H2. The van der Waals surface area contributed by atoms with Gasteiger partial charge in [-0.25, -0.2) is 9.59 Å². The lowest BCUT2D eigenvalue weighted by Gasteiger charge is -2.34. The first-order chi connectivity index (χ1) is 27.8. The molecule has 8 heteroatoms. The van der Waals surface area contributed by atoms with Crippen LogP contribution in [0.2, 0.25) is 0 Å². The van der Waals surface area contributed by atoms with E-state index in [-0.39, 0.29) is 26.4 Å². The number of aliphatic hydroxyl groups is 2. The fourth-order valence-corrected chi connectivity index (χ4v) is 7.89. The fourth-order valence-electron chi connectivity index (χ4n) is 7.89. The molecule has 8 rings (SSSR count). The van der Waals surface area contributed by atoms with Gasteiger partial charge in [-0.1, -0.05) is 110 Å². The van der Waals surface area contributed by atoms with Crippen molar-refractivity contribution in [3.05, 3.63) is 181 Å². The van der Waals surface area contributed by atoms with E-state index in [1.807, 2.05) is 36.4 Å². The summed E-state index contributed by atoms with van der Waals surface area (Å²) in [5.74, 6) is -0.0231. The molecule has 284 valence electrons. The smallest absolute Gasteiger partial charge is 0.330 e. The van der Waals surface area contributed by atoms with Crippen molar-refractivity contribution >= 4 is 44.3 Å². The zero-order valence-electron chi connectivity index (χ0n) is 31.1. The van der Waals surface area contributed by atoms with Crippen LogP contribution in [0.15, 0.2) is 159 Å². The number of aliphatic hydroxyl groups excluding tert-OH is 2. The predicted molar refractivity (Wildman–Crippen MR) is 222 cm³/mol. The van der Waals surface area contributed by atoms with Crippen LogP contribution in [0.4, 0.5) is 0 Å². The van der Waals surface area contributed by atoms with Crippen LogP contribution in [-0.4, -0.2) is 60.8 Å². The number of benzene rings is 7. The van der Waals surface area contributed by atoms with E-state index in [0.29, 0.717) is 11.5 Å². The first-order valence-electron chi connectivity index (χ1n) is 18.7. The number of ether oxygens (including phenoxy) is 4. The third-order valence-electron chi connectivity index (χ3n) is 10.5. The quantitative estimate of drug-likeness (QED) is 0.0841. The van der Waals surface area contributed by atoms with Crippen LogP contribution in [0.3, 0.4) is 0 Å². The molecule has 57 heavy (non-hydrogen) atoms. The summed E-state index contributed by atoms with van der Waals surface area (Å²) in [5.41, 5.74) is 6.32. The molecule has 0 fully saturated rings. The van der Waals surface area contributed by atoms with Gasteiger partial charge < -0.3 is 29.2 Å². The van der Waals surface area contributed by atoms with Gasteiger partial charge in [0.1, 0.15) is 50.1 Å². The van der Waals surface area contributed by atoms with Crippen molar-refractivity contribution in [3.8, 4) is 22.6 Å². The Labute approximate surface area is 329 Å². The largest absolute Gasteiger partial charge is 0.491 e. The van der Waals surface area contributed by atoms with Crippen molar-refractivity contribution in [2.24, 2.45) is 0 Å². The van der Waals surface area contributed by atoms with E-state index in [9.17, 15) is 19.8 Å². The van der Waals surface area contributed by atoms with Gasteiger partial charge in [0.15, 0.2) is 0 Å². The zero-order chi connectivity index (χ0) is 39.5. The number of fused-ring (bicyclic) bond motifs is 7. The molecule has 7 aromatic carbocycles. The van der Waals surface area contributed by atoms with Crippen LogP contribution in [0, 0.1) is 0 Å². The van der Waals surface area contributed by atoms with Crippen molar-refractivity contribution in [3.63, 3.8) is 0 Å². The maximum Gasteiger partial charge on any atom is 0.330 e. The van der Waals surface area contributed by atoms with Crippen molar-refractivity contribution in [2.45, 2.75) is 17.6 Å². The van der Waals surface area contributed by atoms with E-state index in [1.54, 1.807) is 0 Å². The van der Waals surface area contributed by atoms with E-state index in [0.717, 1.165) is 44.8 Å². The number of rotatable bonds is 14. The Morgan fingerprint density at radius 2 is 1.04 bits per heavy atom. The SMILES string of the molecule is C=CC(=O)OCC(O)COc1ccc2cc(C3(c4ccc5cc(OCC(O)COC(=O)C=C)ccc5c4)c4ccccc4-c4c3ccc3ccccc43)ccc2c1. The third-order valence-corrected chi connectivity index (χ3v) is 10.5. The summed E-state index contributed by atoms with van der Waals surface area (Å²) in [6, 6.07) is 46.5. The van der Waals surface area contributed by atoms with Gasteiger partial charge in [-0.2, -0.15) is 0 Å². The van der Waals surface area contributed by atoms with Gasteiger partial charge in [0.2, 0.25) is 0 Å². The Morgan fingerprint density at radius 3 is 1.61 bits per heavy atom. The molecule has 8 nitrogen and oxygen atoms in total. The molecule has 7 aromatic rings. The van der Waals surface area contributed by atoms with Gasteiger partial charge in [-0.05, 0) is 102 Å². The Kier molecular flexibility index (Phi) is 10.3. The highest BCUT2D eigenvalue weighted by molar-refractivity contribution is 6.04. The van der Waals surface area contributed by atoms with Gasteiger partial charge in [-0.3, -0.25) is 0 Å². The molecule has 0 aromatic heterocycles. The van der Waals surface area contributed by atoms with Crippen LogP contribution in [0.1, 0.15) is 22.3 Å². The molecule has 0 bridgehead atoms. The molecule has 0 heterocycles. The summed E-state index contributed by atoms with van der Waals surface area (Å²) in [4.78, 5) is 22.8. The van der Waals surface area contributed by atoms with Crippen molar-refractivity contribution in [1.82, 2.24) is 0 Å². The minimum absolute atomic E-state index is 0.0383. The van der Waals surface area contributed by atoms with E-state index < -0.39 is 29.6 Å². The monoisotopic (exact) mass is 756 g/mol. The van der Waals surface area contributed by atoms with Crippen molar-refractivity contribution in [2.75, 3.05) is 26.4 Å². The molecule has 0 spiro atoms. The molecule has 0 aliphatic heterocycles. The molecular weight excluding hydrogens is 717 g/mol.